The summed E-state index contributed by atoms with van der Waals surface area (Å²) in [4.78, 5) is 13.4. The van der Waals surface area contributed by atoms with Gasteiger partial charge >= 0.3 is 0 Å². The topological polar surface area (TPSA) is 50.7 Å². The van der Waals surface area contributed by atoms with Gasteiger partial charge in [-0.1, -0.05) is 25.4 Å². The van der Waals surface area contributed by atoms with Gasteiger partial charge in [0.05, 0.1) is 5.02 Å². The zero-order valence-corrected chi connectivity index (χ0v) is 13.7. The summed E-state index contributed by atoms with van der Waals surface area (Å²) in [5, 5.41) is 4.00. The number of halogens is 1. The molecule has 5 heteroatoms. The van der Waals surface area contributed by atoms with E-state index in [9.17, 15) is 0 Å². The maximum Gasteiger partial charge on any atom is 0.180 e. The standard InChI is InChI=1S/C16H21ClN4/c1-10(2)8-18-9-13-11(3)20-16(21-12(13)4)15-14(17)6-5-7-19-15/h5-7,10,18H,8-9H2,1-4H3. The maximum absolute atomic E-state index is 6.17. The Balaban J connectivity index is 2.27. The molecule has 0 aliphatic carbocycles. The summed E-state index contributed by atoms with van der Waals surface area (Å²) >= 11 is 6.17. The third-order valence-electron chi connectivity index (χ3n) is 3.25. The van der Waals surface area contributed by atoms with Gasteiger partial charge in [0.1, 0.15) is 5.69 Å². The molecule has 1 N–H and O–H groups in total. The van der Waals surface area contributed by atoms with E-state index >= 15 is 0 Å². The number of aromatic nitrogens is 3. The Morgan fingerprint density at radius 1 is 1.19 bits per heavy atom. The van der Waals surface area contributed by atoms with E-state index in [2.05, 4.69) is 34.1 Å². The Bertz CT molecular complexity index is 602. The minimum Gasteiger partial charge on any atom is -0.312 e. The Morgan fingerprint density at radius 3 is 2.43 bits per heavy atom. The van der Waals surface area contributed by atoms with Gasteiger partial charge in [0.25, 0.3) is 0 Å². The van der Waals surface area contributed by atoms with Crippen LogP contribution in [0.25, 0.3) is 11.5 Å². The van der Waals surface area contributed by atoms with Crippen molar-refractivity contribution in [1.82, 2.24) is 20.3 Å². The molecule has 0 spiro atoms. The van der Waals surface area contributed by atoms with Crippen molar-refractivity contribution in [2.45, 2.75) is 34.2 Å². The van der Waals surface area contributed by atoms with Gasteiger partial charge < -0.3 is 5.32 Å². The number of pyridine rings is 1. The molecule has 0 fully saturated rings. The Labute approximate surface area is 131 Å². The largest absolute Gasteiger partial charge is 0.312 e. The van der Waals surface area contributed by atoms with Crippen molar-refractivity contribution >= 4 is 11.6 Å². The normalized spacial score (nSPS) is 11.1. The first kappa shape index (κ1) is 15.9. The van der Waals surface area contributed by atoms with Gasteiger partial charge in [0.2, 0.25) is 0 Å². The van der Waals surface area contributed by atoms with Gasteiger partial charge in [-0.3, -0.25) is 4.98 Å². The molecular weight excluding hydrogens is 284 g/mol. The number of hydrogen-bond acceptors (Lipinski definition) is 4. The van der Waals surface area contributed by atoms with E-state index in [0.717, 1.165) is 30.0 Å². The smallest absolute Gasteiger partial charge is 0.180 e. The first-order valence-electron chi connectivity index (χ1n) is 7.14. The minimum absolute atomic E-state index is 0.571. The molecule has 2 aromatic rings. The van der Waals surface area contributed by atoms with Crippen LogP contribution < -0.4 is 5.32 Å². The van der Waals surface area contributed by atoms with Crippen molar-refractivity contribution in [3.05, 3.63) is 40.3 Å². The van der Waals surface area contributed by atoms with E-state index in [1.807, 2.05) is 13.8 Å². The molecule has 0 aliphatic rings. The van der Waals surface area contributed by atoms with Gasteiger partial charge in [-0.05, 0) is 38.4 Å². The quantitative estimate of drug-likeness (QED) is 0.917. The first-order valence-corrected chi connectivity index (χ1v) is 7.52. The molecule has 2 heterocycles. The second-order valence-electron chi connectivity index (χ2n) is 5.56. The molecule has 0 atom stereocenters. The summed E-state index contributed by atoms with van der Waals surface area (Å²) in [5.74, 6) is 1.21. The molecule has 0 saturated carbocycles. The Hall–Kier alpha value is -1.52. The second-order valence-corrected chi connectivity index (χ2v) is 5.96. The van der Waals surface area contributed by atoms with Crippen LogP contribution in [0.2, 0.25) is 5.02 Å². The Morgan fingerprint density at radius 2 is 1.86 bits per heavy atom. The third kappa shape index (κ3) is 3.99. The van der Waals surface area contributed by atoms with E-state index < -0.39 is 0 Å². The van der Waals surface area contributed by atoms with Crippen LogP contribution in [0.15, 0.2) is 18.3 Å². The van der Waals surface area contributed by atoms with Gasteiger partial charge in [-0.15, -0.1) is 0 Å². The SMILES string of the molecule is Cc1nc(-c2ncccc2Cl)nc(C)c1CNCC(C)C. The van der Waals surface area contributed by atoms with Gasteiger partial charge in [0, 0.05) is 29.7 Å². The highest BCUT2D eigenvalue weighted by Gasteiger charge is 2.13. The molecule has 0 radical (unpaired) electrons. The predicted molar refractivity (Wildman–Crippen MR) is 86.3 cm³/mol. The summed E-state index contributed by atoms with van der Waals surface area (Å²) in [5.41, 5.74) is 3.71. The monoisotopic (exact) mass is 304 g/mol. The van der Waals surface area contributed by atoms with E-state index in [-0.39, 0.29) is 0 Å². The van der Waals surface area contributed by atoms with Crippen molar-refractivity contribution in [2.24, 2.45) is 5.92 Å². The van der Waals surface area contributed by atoms with Crippen molar-refractivity contribution in [1.29, 1.82) is 0 Å². The van der Waals surface area contributed by atoms with E-state index in [1.165, 1.54) is 0 Å². The molecule has 4 nitrogen and oxygen atoms in total. The second kappa shape index (κ2) is 6.96. The molecule has 0 bridgehead atoms. The number of nitrogens with zero attached hydrogens (tertiary/aromatic N) is 3. The third-order valence-corrected chi connectivity index (χ3v) is 3.55. The van der Waals surface area contributed by atoms with E-state index in [4.69, 9.17) is 11.6 Å². The summed E-state index contributed by atoms with van der Waals surface area (Å²) in [7, 11) is 0. The van der Waals surface area contributed by atoms with Crippen LogP contribution in [0.3, 0.4) is 0 Å². The molecule has 112 valence electrons. The fourth-order valence-electron chi connectivity index (χ4n) is 2.14. The lowest BCUT2D eigenvalue weighted by atomic mass is 10.1. The summed E-state index contributed by atoms with van der Waals surface area (Å²) in [6, 6.07) is 3.60. The maximum atomic E-state index is 6.17. The number of aryl methyl sites for hydroxylation is 2. The molecule has 0 aromatic carbocycles. The summed E-state index contributed by atoms with van der Waals surface area (Å²) < 4.78 is 0. The highest BCUT2D eigenvalue weighted by Crippen LogP contribution is 2.23. The lowest BCUT2D eigenvalue weighted by Gasteiger charge is -2.13. The average molecular weight is 305 g/mol. The zero-order valence-electron chi connectivity index (χ0n) is 12.9. The number of hydrogen-bond donors (Lipinski definition) is 1. The predicted octanol–water partition coefficient (Wildman–Crippen LogP) is 3.55. The molecule has 0 unspecified atom stereocenters. The van der Waals surface area contributed by atoms with Crippen LogP contribution in [0.4, 0.5) is 0 Å². The van der Waals surface area contributed by atoms with Crippen LogP contribution in [-0.2, 0) is 6.54 Å². The fourth-order valence-corrected chi connectivity index (χ4v) is 2.34. The lowest BCUT2D eigenvalue weighted by molar-refractivity contribution is 0.549. The lowest BCUT2D eigenvalue weighted by Crippen LogP contribution is -2.21. The molecular formula is C16H21ClN4. The fraction of sp³-hybridized carbons (Fsp3) is 0.438. The molecule has 0 aliphatic heterocycles. The first-order chi connectivity index (χ1) is 9.99. The minimum atomic E-state index is 0.571. The van der Waals surface area contributed by atoms with Crippen molar-refractivity contribution in [3.8, 4) is 11.5 Å². The van der Waals surface area contributed by atoms with Crippen molar-refractivity contribution < 1.29 is 0 Å². The van der Waals surface area contributed by atoms with Crippen molar-refractivity contribution in [2.75, 3.05) is 6.54 Å². The number of rotatable bonds is 5. The summed E-state index contributed by atoms with van der Waals surface area (Å²) in [6.07, 6.45) is 1.70. The van der Waals surface area contributed by atoms with Crippen LogP contribution >= 0.6 is 11.6 Å². The molecule has 2 rings (SSSR count). The van der Waals surface area contributed by atoms with Gasteiger partial charge in [0.15, 0.2) is 5.82 Å². The van der Waals surface area contributed by atoms with Crippen LogP contribution in [0.1, 0.15) is 30.8 Å². The van der Waals surface area contributed by atoms with Crippen LogP contribution in [0.5, 0.6) is 0 Å². The van der Waals surface area contributed by atoms with Gasteiger partial charge in [-0.2, -0.15) is 0 Å². The highest BCUT2D eigenvalue weighted by atomic mass is 35.5. The summed E-state index contributed by atoms with van der Waals surface area (Å²) in [6.45, 7) is 10.1. The van der Waals surface area contributed by atoms with E-state index in [0.29, 0.717) is 22.5 Å². The number of nitrogens with one attached hydrogen (secondary N) is 1. The zero-order chi connectivity index (χ0) is 15.4. The molecule has 0 amide bonds. The van der Waals surface area contributed by atoms with Gasteiger partial charge in [-0.25, -0.2) is 9.97 Å². The average Bonchev–Trinajstić information content (AvgIpc) is 2.42. The molecule has 21 heavy (non-hydrogen) atoms. The molecule has 2 aromatic heterocycles. The van der Waals surface area contributed by atoms with Crippen molar-refractivity contribution in [3.63, 3.8) is 0 Å². The molecule has 0 saturated heterocycles. The van der Waals surface area contributed by atoms with Crippen LogP contribution in [0, 0.1) is 19.8 Å². The van der Waals surface area contributed by atoms with E-state index in [1.54, 1.807) is 18.3 Å². The van der Waals surface area contributed by atoms with Crippen LogP contribution in [-0.4, -0.2) is 21.5 Å². The highest BCUT2D eigenvalue weighted by molar-refractivity contribution is 6.32. The Kier molecular flexibility index (Phi) is 5.26.